The Morgan fingerprint density at radius 1 is 1.05 bits per heavy atom. The van der Waals surface area contributed by atoms with Gasteiger partial charge in [0.05, 0.1) is 20.8 Å². The monoisotopic (exact) mass is 308 g/mol. The molecule has 2 aromatic carbocycles. The molecule has 1 N–H and O–H groups in total. The van der Waals surface area contributed by atoms with Crippen LogP contribution in [0.15, 0.2) is 36.4 Å². The van der Waals surface area contributed by atoms with Gasteiger partial charge in [0.1, 0.15) is 12.4 Å². The second-order valence-corrected chi connectivity index (χ2v) is 4.83. The average Bonchev–Trinajstić information content (AvgIpc) is 2.53. The van der Waals surface area contributed by atoms with Gasteiger partial charge in [0.2, 0.25) is 0 Å². The summed E-state index contributed by atoms with van der Waals surface area (Å²) < 4.78 is 16.1. The number of aliphatic hydroxyl groups excluding tert-OH is 1. The van der Waals surface area contributed by atoms with E-state index in [1.807, 2.05) is 24.3 Å². The number of ether oxygens (including phenoxy) is 3. The largest absolute Gasteiger partial charge is 0.497 e. The topological polar surface area (TPSA) is 47.9 Å². The van der Waals surface area contributed by atoms with Crippen LogP contribution in [0.2, 0.25) is 5.02 Å². The van der Waals surface area contributed by atoms with E-state index >= 15 is 0 Å². The molecule has 21 heavy (non-hydrogen) atoms. The maximum atomic E-state index is 9.42. The zero-order valence-electron chi connectivity index (χ0n) is 11.9. The standard InChI is InChI=1S/C16H17ClO4/c1-19-14-5-3-11(4-6-14)10-21-16-12(9-18)7-13(17)8-15(16)20-2/h3-8,18H,9-10H2,1-2H3. The van der Waals surface area contributed by atoms with Gasteiger partial charge in [-0.25, -0.2) is 0 Å². The van der Waals surface area contributed by atoms with Crippen LogP contribution in [0.5, 0.6) is 17.2 Å². The van der Waals surface area contributed by atoms with Crippen LogP contribution >= 0.6 is 11.6 Å². The molecule has 0 atom stereocenters. The lowest BCUT2D eigenvalue weighted by Gasteiger charge is -2.15. The third-order valence-electron chi connectivity index (χ3n) is 3.03. The summed E-state index contributed by atoms with van der Waals surface area (Å²) >= 11 is 5.97. The molecule has 0 aliphatic carbocycles. The van der Waals surface area contributed by atoms with Crippen molar-refractivity contribution in [3.63, 3.8) is 0 Å². The highest BCUT2D eigenvalue weighted by Crippen LogP contribution is 2.35. The Bertz CT molecular complexity index is 571. The Labute approximate surface area is 128 Å². The van der Waals surface area contributed by atoms with Crippen LogP contribution < -0.4 is 14.2 Å². The van der Waals surface area contributed by atoms with E-state index in [1.165, 1.54) is 7.11 Å². The number of halogens is 1. The van der Waals surface area contributed by atoms with Gasteiger partial charge in [0.15, 0.2) is 11.5 Å². The first-order valence-corrected chi connectivity index (χ1v) is 6.78. The molecule has 112 valence electrons. The molecule has 0 aromatic heterocycles. The van der Waals surface area contributed by atoms with Crippen LogP contribution in [0.25, 0.3) is 0 Å². The summed E-state index contributed by atoms with van der Waals surface area (Å²) in [6.07, 6.45) is 0. The predicted octanol–water partition coefficient (Wildman–Crippen LogP) is 3.43. The molecule has 0 bridgehead atoms. The zero-order valence-corrected chi connectivity index (χ0v) is 12.7. The number of rotatable bonds is 6. The molecule has 0 fully saturated rings. The lowest BCUT2D eigenvalue weighted by molar-refractivity contribution is 0.250. The molecular weight excluding hydrogens is 292 g/mol. The van der Waals surface area contributed by atoms with Crippen LogP contribution in [-0.2, 0) is 13.2 Å². The van der Waals surface area contributed by atoms with Gasteiger partial charge in [-0.1, -0.05) is 23.7 Å². The van der Waals surface area contributed by atoms with Crippen LogP contribution in [0.4, 0.5) is 0 Å². The second kappa shape index (κ2) is 7.20. The van der Waals surface area contributed by atoms with Gasteiger partial charge in [-0.2, -0.15) is 0 Å². The number of methoxy groups -OCH3 is 2. The van der Waals surface area contributed by atoms with Crippen LogP contribution in [0.1, 0.15) is 11.1 Å². The van der Waals surface area contributed by atoms with Crippen molar-refractivity contribution in [2.24, 2.45) is 0 Å². The quantitative estimate of drug-likeness (QED) is 0.888. The third kappa shape index (κ3) is 3.80. The van der Waals surface area contributed by atoms with E-state index in [-0.39, 0.29) is 6.61 Å². The Hall–Kier alpha value is -1.91. The molecule has 0 aliphatic heterocycles. The molecule has 0 heterocycles. The number of aliphatic hydroxyl groups is 1. The van der Waals surface area contributed by atoms with Gasteiger partial charge in [0, 0.05) is 16.7 Å². The molecule has 2 aromatic rings. The molecule has 0 spiro atoms. The molecule has 4 nitrogen and oxygen atoms in total. The fourth-order valence-electron chi connectivity index (χ4n) is 1.93. The average molecular weight is 309 g/mol. The van der Waals surface area contributed by atoms with Gasteiger partial charge in [0.25, 0.3) is 0 Å². The first kappa shape index (κ1) is 15.5. The van der Waals surface area contributed by atoms with Crippen molar-refractivity contribution >= 4 is 11.6 Å². The highest BCUT2D eigenvalue weighted by Gasteiger charge is 2.12. The maximum absolute atomic E-state index is 9.42. The number of hydrogen-bond acceptors (Lipinski definition) is 4. The summed E-state index contributed by atoms with van der Waals surface area (Å²) in [4.78, 5) is 0. The van der Waals surface area contributed by atoms with Crippen LogP contribution in [0.3, 0.4) is 0 Å². The molecule has 5 heteroatoms. The Kier molecular flexibility index (Phi) is 5.31. The minimum atomic E-state index is -0.172. The van der Waals surface area contributed by atoms with Gasteiger partial charge in [-0.15, -0.1) is 0 Å². The highest BCUT2D eigenvalue weighted by molar-refractivity contribution is 6.30. The van der Waals surface area contributed by atoms with E-state index in [1.54, 1.807) is 19.2 Å². The minimum Gasteiger partial charge on any atom is -0.497 e. The Balaban J connectivity index is 2.18. The lowest BCUT2D eigenvalue weighted by atomic mass is 10.2. The van der Waals surface area contributed by atoms with Crippen molar-refractivity contribution in [3.8, 4) is 17.2 Å². The van der Waals surface area contributed by atoms with Gasteiger partial charge in [-0.05, 0) is 23.8 Å². The number of benzene rings is 2. The molecule has 0 saturated heterocycles. The van der Waals surface area contributed by atoms with Crippen molar-refractivity contribution in [1.82, 2.24) is 0 Å². The third-order valence-corrected chi connectivity index (χ3v) is 3.25. The molecular formula is C16H17ClO4. The predicted molar refractivity (Wildman–Crippen MR) is 81.3 cm³/mol. The molecule has 0 unspecified atom stereocenters. The van der Waals surface area contributed by atoms with Crippen molar-refractivity contribution in [2.75, 3.05) is 14.2 Å². The first-order chi connectivity index (χ1) is 10.2. The van der Waals surface area contributed by atoms with E-state index in [2.05, 4.69) is 0 Å². The minimum absolute atomic E-state index is 0.172. The van der Waals surface area contributed by atoms with Crippen molar-refractivity contribution in [2.45, 2.75) is 13.2 Å². The highest BCUT2D eigenvalue weighted by atomic mass is 35.5. The Morgan fingerprint density at radius 2 is 1.76 bits per heavy atom. The van der Waals surface area contributed by atoms with Crippen molar-refractivity contribution in [3.05, 3.63) is 52.5 Å². The van der Waals surface area contributed by atoms with Gasteiger partial charge < -0.3 is 19.3 Å². The van der Waals surface area contributed by atoms with Crippen molar-refractivity contribution < 1.29 is 19.3 Å². The smallest absolute Gasteiger partial charge is 0.167 e. The fraction of sp³-hybridized carbons (Fsp3) is 0.250. The summed E-state index contributed by atoms with van der Waals surface area (Å²) in [7, 11) is 3.16. The number of hydrogen-bond donors (Lipinski definition) is 1. The zero-order chi connectivity index (χ0) is 15.2. The summed E-state index contributed by atoms with van der Waals surface area (Å²) in [6, 6.07) is 10.9. The lowest BCUT2D eigenvalue weighted by Crippen LogP contribution is -2.01. The van der Waals surface area contributed by atoms with E-state index < -0.39 is 0 Å². The van der Waals surface area contributed by atoms with Crippen molar-refractivity contribution in [1.29, 1.82) is 0 Å². The second-order valence-electron chi connectivity index (χ2n) is 4.39. The fourth-order valence-corrected chi connectivity index (χ4v) is 2.16. The maximum Gasteiger partial charge on any atom is 0.167 e. The van der Waals surface area contributed by atoms with E-state index in [4.69, 9.17) is 25.8 Å². The summed E-state index contributed by atoms with van der Waals surface area (Å²) in [5.41, 5.74) is 1.57. The van der Waals surface area contributed by atoms with E-state index in [0.29, 0.717) is 28.7 Å². The summed E-state index contributed by atoms with van der Waals surface area (Å²) in [6.45, 7) is 0.184. The summed E-state index contributed by atoms with van der Waals surface area (Å²) in [5, 5.41) is 9.91. The normalized spacial score (nSPS) is 10.3. The van der Waals surface area contributed by atoms with Crippen LogP contribution in [0, 0.1) is 0 Å². The molecule has 0 saturated carbocycles. The molecule has 0 amide bonds. The van der Waals surface area contributed by atoms with Gasteiger partial charge >= 0.3 is 0 Å². The Morgan fingerprint density at radius 3 is 2.33 bits per heavy atom. The molecule has 0 aliphatic rings. The van der Waals surface area contributed by atoms with E-state index in [9.17, 15) is 5.11 Å². The SMILES string of the molecule is COc1ccc(COc2c(CO)cc(Cl)cc2OC)cc1. The van der Waals surface area contributed by atoms with E-state index in [0.717, 1.165) is 11.3 Å². The molecule has 2 rings (SSSR count). The summed E-state index contributed by atoms with van der Waals surface area (Å²) in [5.74, 6) is 1.79. The van der Waals surface area contributed by atoms with Gasteiger partial charge in [-0.3, -0.25) is 0 Å². The first-order valence-electron chi connectivity index (χ1n) is 6.41. The van der Waals surface area contributed by atoms with Crippen LogP contribution in [-0.4, -0.2) is 19.3 Å². The molecule has 0 radical (unpaired) electrons.